The zero-order valence-corrected chi connectivity index (χ0v) is 16.0. The molecule has 0 saturated heterocycles. The fourth-order valence-electron chi connectivity index (χ4n) is 2.31. The number of likely N-dealkylation sites (N-methyl/N-ethyl adjacent to an activating group) is 1. The minimum Gasteiger partial charge on any atom is -0.484 e. The highest BCUT2D eigenvalue weighted by Crippen LogP contribution is 2.26. The number of carbonyl (C=O) groups is 2. The lowest BCUT2D eigenvalue weighted by molar-refractivity contribution is -0.122. The highest BCUT2D eigenvalue weighted by atomic mass is 35.5. The second-order valence-electron chi connectivity index (χ2n) is 5.63. The number of hydrogen-bond acceptors (Lipinski definition) is 3. The van der Waals surface area contributed by atoms with E-state index in [1.165, 1.54) is 0 Å². The summed E-state index contributed by atoms with van der Waals surface area (Å²) in [7, 11) is 0. The Morgan fingerprint density at radius 3 is 2.42 bits per heavy atom. The van der Waals surface area contributed by atoms with Crippen molar-refractivity contribution in [3.63, 3.8) is 0 Å². The van der Waals surface area contributed by atoms with Gasteiger partial charge in [0.1, 0.15) is 5.75 Å². The van der Waals surface area contributed by atoms with Gasteiger partial charge in [-0.3, -0.25) is 9.59 Å². The fraction of sp³-hybridized carbons (Fsp3) is 0.263. The Bertz CT molecular complexity index is 779. The molecule has 2 aromatic carbocycles. The molecule has 5 nitrogen and oxygen atoms in total. The number of rotatable bonds is 7. The molecule has 0 spiro atoms. The zero-order valence-electron chi connectivity index (χ0n) is 14.5. The van der Waals surface area contributed by atoms with Gasteiger partial charge in [-0.15, -0.1) is 0 Å². The third-order valence-electron chi connectivity index (χ3n) is 3.64. The number of benzene rings is 2. The summed E-state index contributed by atoms with van der Waals surface area (Å²) in [6, 6.07) is 11.4. The van der Waals surface area contributed by atoms with Crippen molar-refractivity contribution in [2.75, 3.05) is 13.2 Å². The van der Waals surface area contributed by atoms with E-state index in [4.69, 9.17) is 27.9 Å². The highest BCUT2D eigenvalue weighted by Gasteiger charge is 2.14. The van der Waals surface area contributed by atoms with Crippen LogP contribution in [0.1, 0.15) is 35.8 Å². The SMILES string of the molecule is CCNC(=O)COc1ccc(C(=O)N[C@@H](C)c2ccc(Cl)cc2Cl)cc1. The summed E-state index contributed by atoms with van der Waals surface area (Å²) >= 11 is 12.1. The lowest BCUT2D eigenvalue weighted by Crippen LogP contribution is -2.28. The Morgan fingerprint density at radius 1 is 1.12 bits per heavy atom. The first-order chi connectivity index (χ1) is 12.4. The van der Waals surface area contributed by atoms with Crippen LogP contribution in [0.3, 0.4) is 0 Å². The van der Waals surface area contributed by atoms with Crippen LogP contribution >= 0.6 is 23.2 Å². The van der Waals surface area contributed by atoms with E-state index in [0.717, 1.165) is 5.56 Å². The zero-order chi connectivity index (χ0) is 19.1. The predicted molar refractivity (Wildman–Crippen MR) is 103 cm³/mol. The third-order valence-corrected chi connectivity index (χ3v) is 4.20. The summed E-state index contributed by atoms with van der Waals surface area (Å²) in [5, 5.41) is 6.57. The van der Waals surface area contributed by atoms with Gasteiger partial charge < -0.3 is 15.4 Å². The molecule has 0 aliphatic carbocycles. The number of carbonyl (C=O) groups excluding carboxylic acids is 2. The van der Waals surface area contributed by atoms with E-state index in [1.54, 1.807) is 42.5 Å². The standard InChI is InChI=1S/C19H20Cl2N2O3/c1-3-22-18(24)11-26-15-7-4-13(5-8-15)19(25)23-12(2)16-9-6-14(20)10-17(16)21/h4-10,12H,3,11H2,1-2H3,(H,22,24)(H,23,25)/t12-/m0/s1. The van der Waals surface area contributed by atoms with Gasteiger partial charge in [-0.25, -0.2) is 0 Å². The molecule has 0 aromatic heterocycles. The molecule has 26 heavy (non-hydrogen) atoms. The van der Waals surface area contributed by atoms with Crippen LogP contribution in [0.2, 0.25) is 10.0 Å². The van der Waals surface area contributed by atoms with Gasteiger partial charge in [0.15, 0.2) is 6.61 Å². The Labute approximate surface area is 162 Å². The molecule has 7 heteroatoms. The van der Waals surface area contributed by atoms with Crippen molar-refractivity contribution in [3.8, 4) is 5.75 Å². The van der Waals surface area contributed by atoms with E-state index in [2.05, 4.69) is 10.6 Å². The second kappa shape index (κ2) is 9.46. The van der Waals surface area contributed by atoms with Crippen molar-refractivity contribution in [3.05, 3.63) is 63.6 Å². The highest BCUT2D eigenvalue weighted by molar-refractivity contribution is 6.35. The molecule has 0 aliphatic rings. The van der Waals surface area contributed by atoms with E-state index in [1.807, 2.05) is 13.8 Å². The molecular weight excluding hydrogens is 375 g/mol. The predicted octanol–water partition coefficient (Wildman–Crippen LogP) is 4.00. The van der Waals surface area contributed by atoms with Crippen molar-refractivity contribution in [2.24, 2.45) is 0 Å². The van der Waals surface area contributed by atoms with E-state index in [-0.39, 0.29) is 24.5 Å². The monoisotopic (exact) mass is 394 g/mol. The summed E-state index contributed by atoms with van der Waals surface area (Å²) in [6.07, 6.45) is 0. The summed E-state index contributed by atoms with van der Waals surface area (Å²) in [5.41, 5.74) is 1.26. The van der Waals surface area contributed by atoms with Gasteiger partial charge in [0.2, 0.25) is 0 Å². The van der Waals surface area contributed by atoms with Crippen LogP contribution in [0.5, 0.6) is 5.75 Å². The van der Waals surface area contributed by atoms with Gasteiger partial charge in [-0.05, 0) is 55.8 Å². The molecule has 0 bridgehead atoms. The van der Waals surface area contributed by atoms with Crippen molar-refractivity contribution >= 4 is 35.0 Å². The van der Waals surface area contributed by atoms with Crippen molar-refractivity contribution < 1.29 is 14.3 Å². The third kappa shape index (κ3) is 5.64. The summed E-state index contributed by atoms with van der Waals surface area (Å²) in [5.74, 6) is 0.0865. The van der Waals surface area contributed by atoms with Gasteiger partial charge in [0.05, 0.1) is 6.04 Å². The maximum Gasteiger partial charge on any atom is 0.257 e. The molecule has 2 N–H and O–H groups in total. The largest absolute Gasteiger partial charge is 0.484 e. The molecule has 0 unspecified atom stereocenters. The quantitative estimate of drug-likeness (QED) is 0.745. The lowest BCUT2D eigenvalue weighted by Gasteiger charge is -2.16. The van der Waals surface area contributed by atoms with Gasteiger partial charge >= 0.3 is 0 Å². The number of hydrogen-bond donors (Lipinski definition) is 2. The molecule has 0 radical (unpaired) electrons. The van der Waals surface area contributed by atoms with Gasteiger partial charge in [-0.1, -0.05) is 29.3 Å². The first-order valence-electron chi connectivity index (χ1n) is 8.16. The van der Waals surface area contributed by atoms with Gasteiger partial charge in [0, 0.05) is 22.2 Å². The minimum absolute atomic E-state index is 0.0640. The lowest BCUT2D eigenvalue weighted by atomic mass is 10.1. The summed E-state index contributed by atoms with van der Waals surface area (Å²) in [4.78, 5) is 23.8. The van der Waals surface area contributed by atoms with Crippen LogP contribution < -0.4 is 15.4 Å². The van der Waals surface area contributed by atoms with Crippen LogP contribution in [0.25, 0.3) is 0 Å². The Balaban J connectivity index is 1.95. The molecule has 138 valence electrons. The van der Waals surface area contributed by atoms with Crippen molar-refractivity contribution in [1.29, 1.82) is 0 Å². The Hall–Kier alpha value is -2.24. The molecule has 0 saturated carbocycles. The van der Waals surface area contributed by atoms with Crippen LogP contribution in [0.4, 0.5) is 0 Å². The number of nitrogens with one attached hydrogen (secondary N) is 2. The smallest absolute Gasteiger partial charge is 0.257 e. The van der Waals surface area contributed by atoms with Crippen molar-refractivity contribution in [2.45, 2.75) is 19.9 Å². The van der Waals surface area contributed by atoms with Gasteiger partial charge in [-0.2, -0.15) is 0 Å². The van der Waals surface area contributed by atoms with E-state index in [9.17, 15) is 9.59 Å². The minimum atomic E-state index is -0.277. The molecule has 2 rings (SSSR count). The second-order valence-corrected chi connectivity index (χ2v) is 6.47. The average molecular weight is 395 g/mol. The first kappa shape index (κ1) is 20.1. The average Bonchev–Trinajstić information content (AvgIpc) is 2.60. The first-order valence-corrected chi connectivity index (χ1v) is 8.91. The molecular formula is C19H20Cl2N2O3. The Morgan fingerprint density at radius 2 is 1.81 bits per heavy atom. The number of halogens is 2. The topological polar surface area (TPSA) is 67.4 Å². The molecule has 0 heterocycles. The molecule has 0 fully saturated rings. The van der Waals surface area contributed by atoms with E-state index >= 15 is 0 Å². The summed E-state index contributed by atoms with van der Waals surface area (Å²) < 4.78 is 5.36. The van der Waals surface area contributed by atoms with E-state index < -0.39 is 0 Å². The fourth-order valence-corrected chi connectivity index (χ4v) is 2.88. The normalized spacial score (nSPS) is 11.5. The maximum absolute atomic E-state index is 12.4. The summed E-state index contributed by atoms with van der Waals surface area (Å²) in [6.45, 7) is 4.17. The van der Waals surface area contributed by atoms with Crippen LogP contribution in [0, 0.1) is 0 Å². The molecule has 2 aromatic rings. The molecule has 0 aliphatic heterocycles. The Kier molecular flexibility index (Phi) is 7.30. The van der Waals surface area contributed by atoms with Crippen LogP contribution in [-0.2, 0) is 4.79 Å². The van der Waals surface area contributed by atoms with E-state index in [0.29, 0.717) is 27.9 Å². The van der Waals surface area contributed by atoms with Gasteiger partial charge in [0.25, 0.3) is 11.8 Å². The molecule has 1 atom stereocenters. The van der Waals surface area contributed by atoms with Crippen LogP contribution in [0.15, 0.2) is 42.5 Å². The maximum atomic E-state index is 12.4. The van der Waals surface area contributed by atoms with Crippen molar-refractivity contribution in [1.82, 2.24) is 10.6 Å². The number of ether oxygens (including phenoxy) is 1. The molecule has 2 amide bonds. The number of amides is 2. The van der Waals surface area contributed by atoms with Crippen LogP contribution in [-0.4, -0.2) is 25.0 Å².